The van der Waals surface area contributed by atoms with Crippen molar-refractivity contribution in [3.63, 3.8) is 0 Å². The summed E-state index contributed by atoms with van der Waals surface area (Å²) in [6.07, 6.45) is -0.730. The summed E-state index contributed by atoms with van der Waals surface area (Å²) >= 11 is 6.55. The maximum absolute atomic E-state index is 13.0. The first-order valence-electron chi connectivity index (χ1n) is 11.3. The summed E-state index contributed by atoms with van der Waals surface area (Å²) in [5.74, 6) is -0.0745. The van der Waals surface area contributed by atoms with Gasteiger partial charge in [0.1, 0.15) is 18.0 Å². The second-order valence-electron chi connectivity index (χ2n) is 10.7. The van der Waals surface area contributed by atoms with Crippen molar-refractivity contribution in [2.75, 3.05) is 0 Å². The fourth-order valence-electron chi connectivity index (χ4n) is 2.72. The van der Waals surface area contributed by atoms with Gasteiger partial charge in [0.05, 0.1) is 5.02 Å². The second kappa shape index (κ2) is 10.8. The van der Waals surface area contributed by atoms with Crippen LogP contribution >= 0.6 is 11.6 Å². The van der Waals surface area contributed by atoms with Gasteiger partial charge in [0.2, 0.25) is 0 Å². The van der Waals surface area contributed by atoms with Crippen LogP contribution in [0.25, 0.3) is 0 Å². The Morgan fingerprint density at radius 3 is 2.15 bits per heavy atom. The molecule has 0 unspecified atom stereocenters. The molecule has 1 N–H and O–H groups in total. The van der Waals surface area contributed by atoms with Crippen molar-refractivity contribution >= 4 is 32.0 Å². The lowest BCUT2D eigenvalue weighted by Gasteiger charge is -2.36. The van der Waals surface area contributed by atoms with Crippen molar-refractivity contribution in [3.8, 4) is 5.75 Å². The molecule has 0 aliphatic heterocycles. The Labute approximate surface area is 209 Å². The van der Waals surface area contributed by atoms with Crippen molar-refractivity contribution in [1.29, 1.82) is 0 Å². The van der Waals surface area contributed by atoms with Crippen LogP contribution in [0, 0.1) is 0 Å². The monoisotopic (exact) mass is 505 g/mol. The third kappa shape index (κ3) is 8.06. The number of carbonyl (C=O) groups excluding carboxylic acids is 2. The van der Waals surface area contributed by atoms with Gasteiger partial charge in [-0.15, -0.1) is 0 Å². The molecule has 8 heteroatoms. The third-order valence-corrected chi connectivity index (χ3v) is 10.2. The molecular formula is C26H36ClNO5Si. The van der Waals surface area contributed by atoms with Crippen molar-refractivity contribution < 1.29 is 23.5 Å². The van der Waals surface area contributed by atoms with E-state index in [4.69, 9.17) is 25.5 Å². The predicted octanol–water partition coefficient (Wildman–Crippen LogP) is 7.03. The molecule has 6 nitrogen and oxygen atoms in total. The SMILES string of the molecule is CC(C)(C)OC(=O)N[C@H](C(=O)OCc1ccccc1)c1ccc(O[Si](C)(C)C(C)(C)C)c(Cl)c1. The smallest absolute Gasteiger partial charge is 0.408 e. The zero-order chi connectivity index (χ0) is 25.7. The van der Waals surface area contributed by atoms with Crippen LogP contribution in [0.1, 0.15) is 58.7 Å². The molecule has 0 aromatic heterocycles. The molecule has 186 valence electrons. The number of ether oxygens (including phenoxy) is 2. The first-order chi connectivity index (χ1) is 15.6. The van der Waals surface area contributed by atoms with Crippen molar-refractivity contribution in [2.45, 2.75) is 77.9 Å². The summed E-state index contributed by atoms with van der Waals surface area (Å²) in [6, 6.07) is 13.3. The van der Waals surface area contributed by atoms with E-state index < -0.39 is 32.0 Å². The molecule has 2 rings (SSSR count). The van der Waals surface area contributed by atoms with Crippen molar-refractivity contribution in [1.82, 2.24) is 5.32 Å². The van der Waals surface area contributed by atoms with E-state index in [9.17, 15) is 9.59 Å². The van der Waals surface area contributed by atoms with Crippen LogP contribution < -0.4 is 9.74 Å². The van der Waals surface area contributed by atoms with Crippen LogP contribution in [0.3, 0.4) is 0 Å². The quantitative estimate of drug-likeness (QED) is 0.323. The molecule has 0 saturated carbocycles. The fraction of sp³-hybridized carbons (Fsp3) is 0.462. The van der Waals surface area contributed by atoms with E-state index in [-0.39, 0.29) is 11.6 Å². The van der Waals surface area contributed by atoms with Gasteiger partial charge in [-0.05, 0) is 62.2 Å². The summed E-state index contributed by atoms with van der Waals surface area (Å²) in [7, 11) is -2.11. The minimum Gasteiger partial charge on any atom is -0.543 e. The van der Waals surface area contributed by atoms with E-state index in [1.807, 2.05) is 30.3 Å². The van der Waals surface area contributed by atoms with Crippen LogP contribution in [-0.4, -0.2) is 26.0 Å². The minimum absolute atomic E-state index is 0.00293. The topological polar surface area (TPSA) is 73.9 Å². The van der Waals surface area contributed by atoms with E-state index >= 15 is 0 Å². The van der Waals surface area contributed by atoms with Gasteiger partial charge >= 0.3 is 12.1 Å². The van der Waals surface area contributed by atoms with Gasteiger partial charge < -0.3 is 19.2 Å². The van der Waals surface area contributed by atoms with Crippen LogP contribution in [0.4, 0.5) is 4.79 Å². The molecule has 1 amide bonds. The van der Waals surface area contributed by atoms with E-state index in [1.165, 1.54) is 0 Å². The number of hydrogen-bond donors (Lipinski definition) is 1. The largest absolute Gasteiger partial charge is 0.543 e. The van der Waals surface area contributed by atoms with Gasteiger partial charge in [-0.3, -0.25) is 0 Å². The highest BCUT2D eigenvalue weighted by Gasteiger charge is 2.39. The average molecular weight is 506 g/mol. The molecule has 0 heterocycles. The van der Waals surface area contributed by atoms with Gasteiger partial charge in [0.25, 0.3) is 8.32 Å². The number of carbonyl (C=O) groups is 2. The van der Waals surface area contributed by atoms with Gasteiger partial charge in [-0.25, -0.2) is 9.59 Å². The standard InChI is InChI=1S/C26H36ClNO5Si/c1-25(2,3)32-24(30)28-22(23(29)31-17-18-12-10-9-11-13-18)19-14-15-21(20(27)16-19)33-34(7,8)26(4,5)6/h9-16,22H,17H2,1-8H3,(H,28,30)/t22-/m0/s1. The lowest BCUT2D eigenvalue weighted by molar-refractivity contribution is -0.147. The Balaban J connectivity index is 2.29. The molecule has 2 aromatic rings. The molecule has 0 radical (unpaired) electrons. The van der Waals surface area contributed by atoms with Gasteiger partial charge in [0.15, 0.2) is 6.04 Å². The van der Waals surface area contributed by atoms with E-state index in [0.29, 0.717) is 16.3 Å². The number of rotatable bonds is 7. The third-order valence-electron chi connectivity index (χ3n) is 5.58. The molecule has 0 saturated heterocycles. The molecule has 1 atom stereocenters. The minimum atomic E-state index is -2.11. The number of hydrogen-bond acceptors (Lipinski definition) is 5. The number of nitrogens with one attached hydrogen (secondary N) is 1. The molecule has 2 aromatic carbocycles. The highest BCUT2D eigenvalue weighted by atomic mass is 35.5. The zero-order valence-corrected chi connectivity index (χ0v) is 23.1. The van der Waals surface area contributed by atoms with Gasteiger partial charge in [0, 0.05) is 0 Å². The van der Waals surface area contributed by atoms with Gasteiger partial charge in [-0.2, -0.15) is 0 Å². The predicted molar refractivity (Wildman–Crippen MR) is 138 cm³/mol. The Morgan fingerprint density at radius 1 is 1.00 bits per heavy atom. The van der Waals surface area contributed by atoms with Crippen LogP contribution in [0.15, 0.2) is 48.5 Å². The molecule has 0 aliphatic carbocycles. The molecule has 0 spiro atoms. The van der Waals surface area contributed by atoms with Crippen molar-refractivity contribution in [3.05, 3.63) is 64.7 Å². The molecule has 0 aliphatic rings. The van der Waals surface area contributed by atoms with Crippen molar-refractivity contribution in [2.24, 2.45) is 0 Å². The first-order valence-corrected chi connectivity index (χ1v) is 14.6. The normalized spacial score (nSPS) is 13.1. The lowest BCUT2D eigenvalue weighted by atomic mass is 10.1. The summed E-state index contributed by atoms with van der Waals surface area (Å²) in [4.78, 5) is 25.5. The number of amides is 1. The van der Waals surface area contributed by atoms with E-state index in [0.717, 1.165) is 5.56 Å². The maximum Gasteiger partial charge on any atom is 0.408 e. The number of benzene rings is 2. The number of halogens is 1. The van der Waals surface area contributed by atoms with Gasteiger partial charge in [-0.1, -0.05) is 68.8 Å². The van der Waals surface area contributed by atoms with Crippen LogP contribution in [0.2, 0.25) is 23.2 Å². The summed E-state index contributed by atoms with van der Waals surface area (Å²) in [6.45, 7) is 16.0. The van der Waals surface area contributed by atoms with E-state index in [2.05, 4.69) is 39.2 Å². The Bertz CT molecular complexity index is 996. The summed E-state index contributed by atoms with van der Waals surface area (Å²) in [5, 5.41) is 2.97. The average Bonchev–Trinajstić information content (AvgIpc) is 2.70. The van der Waals surface area contributed by atoms with Crippen LogP contribution in [-0.2, 0) is 20.9 Å². The lowest BCUT2D eigenvalue weighted by Crippen LogP contribution is -2.44. The summed E-state index contributed by atoms with van der Waals surface area (Å²) < 4.78 is 17.2. The first kappa shape index (κ1) is 27.7. The fourth-order valence-corrected chi connectivity index (χ4v) is 4.05. The van der Waals surface area contributed by atoms with Crippen LogP contribution in [0.5, 0.6) is 5.75 Å². The Hall–Kier alpha value is -2.51. The summed E-state index contributed by atoms with van der Waals surface area (Å²) in [5.41, 5.74) is 0.584. The Kier molecular flexibility index (Phi) is 8.83. The molecule has 0 bridgehead atoms. The second-order valence-corrected chi connectivity index (χ2v) is 15.9. The molecule has 0 fully saturated rings. The number of esters is 1. The highest BCUT2D eigenvalue weighted by molar-refractivity contribution is 6.74. The maximum atomic E-state index is 13.0. The molecule has 34 heavy (non-hydrogen) atoms. The van der Waals surface area contributed by atoms with E-state index in [1.54, 1.807) is 39.0 Å². The zero-order valence-electron chi connectivity index (χ0n) is 21.3. The Morgan fingerprint density at radius 2 is 1.62 bits per heavy atom. The highest BCUT2D eigenvalue weighted by Crippen LogP contribution is 2.39. The molecular weight excluding hydrogens is 470 g/mol. The number of alkyl carbamates (subject to hydrolysis) is 1.